The lowest BCUT2D eigenvalue weighted by atomic mass is 10.3. The van der Waals surface area contributed by atoms with Crippen LogP contribution >= 0.6 is 0 Å². The second-order valence-corrected chi connectivity index (χ2v) is 6.09. The molecule has 0 aliphatic carbocycles. The smallest absolute Gasteiger partial charge is 0.279 e. The van der Waals surface area contributed by atoms with Gasteiger partial charge < -0.3 is 15.2 Å². The Hall–Kier alpha value is -1.35. The van der Waals surface area contributed by atoms with Crippen LogP contribution in [0.1, 0.15) is 0 Å². The maximum Gasteiger partial charge on any atom is 0.279 e. The standard InChI is InChI=1S/C12H19N3O4S/c13-11-2-1-3-12(10-11)19-7-4-14-20(16,17)15-5-8-18-9-6-15/h1-3,10,14H,4-9,13H2. The molecule has 0 amide bonds. The molecule has 0 aromatic heterocycles. The molecule has 1 heterocycles. The van der Waals surface area contributed by atoms with Gasteiger partial charge in [-0.1, -0.05) is 6.07 Å². The monoisotopic (exact) mass is 301 g/mol. The number of benzene rings is 1. The molecule has 1 aliphatic heterocycles. The summed E-state index contributed by atoms with van der Waals surface area (Å²) < 4.78 is 38.3. The molecule has 3 N–H and O–H groups in total. The quantitative estimate of drug-likeness (QED) is 0.561. The van der Waals surface area contributed by atoms with Crippen molar-refractivity contribution in [1.82, 2.24) is 9.03 Å². The van der Waals surface area contributed by atoms with Gasteiger partial charge in [0.25, 0.3) is 10.2 Å². The van der Waals surface area contributed by atoms with Gasteiger partial charge in [-0.25, -0.2) is 0 Å². The Morgan fingerprint density at radius 1 is 1.35 bits per heavy atom. The molecule has 0 bridgehead atoms. The zero-order valence-corrected chi connectivity index (χ0v) is 11.9. The van der Waals surface area contributed by atoms with Crippen molar-refractivity contribution in [2.24, 2.45) is 0 Å². The van der Waals surface area contributed by atoms with Gasteiger partial charge in [-0.15, -0.1) is 0 Å². The molecule has 0 unspecified atom stereocenters. The first-order valence-corrected chi connectivity index (χ1v) is 7.83. The first-order valence-electron chi connectivity index (χ1n) is 6.39. The van der Waals surface area contributed by atoms with Crippen LogP contribution in [0.5, 0.6) is 5.75 Å². The fourth-order valence-electron chi connectivity index (χ4n) is 1.82. The SMILES string of the molecule is Nc1cccc(OCCNS(=O)(=O)N2CCOCC2)c1. The third kappa shape index (κ3) is 4.34. The largest absolute Gasteiger partial charge is 0.492 e. The van der Waals surface area contributed by atoms with Crippen LogP contribution in [0.4, 0.5) is 5.69 Å². The molecule has 1 saturated heterocycles. The van der Waals surface area contributed by atoms with Crippen LogP contribution in [0.15, 0.2) is 24.3 Å². The lowest BCUT2D eigenvalue weighted by Gasteiger charge is -2.26. The van der Waals surface area contributed by atoms with Crippen molar-refractivity contribution in [2.45, 2.75) is 0 Å². The maximum atomic E-state index is 11.9. The Morgan fingerprint density at radius 2 is 2.10 bits per heavy atom. The zero-order valence-electron chi connectivity index (χ0n) is 11.1. The summed E-state index contributed by atoms with van der Waals surface area (Å²) in [5.74, 6) is 0.621. The predicted molar refractivity (Wildman–Crippen MR) is 75.7 cm³/mol. The molecule has 1 aliphatic rings. The lowest BCUT2D eigenvalue weighted by Crippen LogP contribution is -2.47. The van der Waals surface area contributed by atoms with Gasteiger partial charge in [-0.05, 0) is 12.1 Å². The minimum Gasteiger partial charge on any atom is -0.492 e. The second-order valence-electron chi connectivity index (χ2n) is 4.33. The van der Waals surface area contributed by atoms with Gasteiger partial charge in [0.2, 0.25) is 0 Å². The molecule has 112 valence electrons. The molecule has 7 nitrogen and oxygen atoms in total. The summed E-state index contributed by atoms with van der Waals surface area (Å²) in [4.78, 5) is 0. The van der Waals surface area contributed by atoms with Gasteiger partial charge in [0.05, 0.1) is 13.2 Å². The van der Waals surface area contributed by atoms with E-state index in [2.05, 4.69) is 4.72 Å². The number of hydrogen-bond donors (Lipinski definition) is 2. The number of nitrogen functional groups attached to an aromatic ring is 1. The molecule has 0 saturated carbocycles. The van der Waals surface area contributed by atoms with Crippen molar-refractivity contribution >= 4 is 15.9 Å². The van der Waals surface area contributed by atoms with Gasteiger partial charge in [0.15, 0.2) is 0 Å². The van der Waals surface area contributed by atoms with Crippen molar-refractivity contribution in [3.8, 4) is 5.75 Å². The van der Waals surface area contributed by atoms with Crippen molar-refractivity contribution in [1.29, 1.82) is 0 Å². The normalized spacial score (nSPS) is 17.0. The van der Waals surface area contributed by atoms with E-state index in [0.717, 1.165) is 0 Å². The van der Waals surface area contributed by atoms with Crippen LogP contribution in [0.3, 0.4) is 0 Å². The minimum absolute atomic E-state index is 0.203. The molecule has 8 heteroatoms. The molecular formula is C12H19N3O4S. The van der Waals surface area contributed by atoms with Crippen LogP contribution in [0.2, 0.25) is 0 Å². The van der Waals surface area contributed by atoms with Crippen molar-refractivity contribution < 1.29 is 17.9 Å². The van der Waals surface area contributed by atoms with Crippen LogP contribution < -0.4 is 15.2 Å². The highest BCUT2D eigenvalue weighted by Gasteiger charge is 2.23. The van der Waals surface area contributed by atoms with E-state index in [1.807, 2.05) is 0 Å². The molecule has 1 aromatic carbocycles. The predicted octanol–water partition coefficient (Wildman–Crippen LogP) is -0.186. The van der Waals surface area contributed by atoms with E-state index in [0.29, 0.717) is 37.7 Å². The minimum atomic E-state index is -3.45. The number of nitrogens with zero attached hydrogens (tertiary/aromatic N) is 1. The van der Waals surface area contributed by atoms with E-state index in [-0.39, 0.29) is 13.2 Å². The number of ether oxygens (including phenoxy) is 2. The Labute approximate surface area is 118 Å². The average molecular weight is 301 g/mol. The summed E-state index contributed by atoms with van der Waals surface area (Å²) in [6, 6.07) is 7.00. The van der Waals surface area contributed by atoms with Crippen LogP contribution in [0, 0.1) is 0 Å². The Bertz CT molecular complexity index is 529. The van der Waals surface area contributed by atoms with E-state index in [1.54, 1.807) is 24.3 Å². The number of hydrogen-bond acceptors (Lipinski definition) is 5. The Morgan fingerprint density at radius 3 is 2.80 bits per heavy atom. The number of nitrogens with one attached hydrogen (secondary N) is 1. The van der Waals surface area contributed by atoms with Gasteiger partial charge in [0.1, 0.15) is 12.4 Å². The lowest BCUT2D eigenvalue weighted by molar-refractivity contribution is 0.0724. The molecule has 20 heavy (non-hydrogen) atoms. The maximum absolute atomic E-state index is 11.9. The Kier molecular flexibility index (Phi) is 5.18. The summed E-state index contributed by atoms with van der Waals surface area (Å²) in [5.41, 5.74) is 6.23. The van der Waals surface area contributed by atoms with Crippen molar-refractivity contribution in [2.75, 3.05) is 45.2 Å². The summed E-state index contributed by atoms with van der Waals surface area (Å²) in [7, 11) is -3.45. The fourth-order valence-corrected chi connectivity index (χ4v) is 2.98. The molecule has 0 atom stereocenters. The van der Waals surface area contributed by atoms with Gasteiger partial charge >= 0.3 is 0 Å². The summed E-state index contributed by atoms with van der Waals surface area (Å²) >= 11 is 0. The summed E-state index contributed by atoms with van der Waals surface area (Å²) in [5, 5.41) is 0. The van der Waals surface area contributed by atoms with E-state index in [1.165, 1.54) is 4.31 Å². The number of nitrogens with two attached hydrogens (primary N) is 1. The zero-order chi connectivity index (χ0) is 14.4. The van der Waals surface area contributed by atoms with E-state index >= 15 is 0 Å². The summed E-state index contributed by atoms with van der Waals surface area (Å²) in [6.07, 6.45) is 0. The van der Waals surface area contributed by atoms with Crippen LogP contribution in [-0.4, -0.2) is 52.2 Å². The fraction of sp³-hybridized carbons (Fsp3) is 0.500. The second kappa shape index (κ2) is 6.89. The third-order valence-electron chi connectivity index (χ3n) is 2.82. The number of anilines is 1. The average Bonchev–Trinajstić information content (AvgIpc) is 2.45. The van der Waals surface area contributed by atoms with Gasteiger partial charge in [-0.2, -0.15) is 17.4 Å². The number of rotatable bonds is 6. The third-order valence-corrected chi connectivity index (χ3v) is 4.44. The van der Waals surface area contributed by atoms with E-state index in [4.69, 9.17) is 15.2 Å². The number of morpholine rings is 1. The van der Waals surface area contributed by atoms with Crippen LogP contribution in [0.25, 0.3) is 0 Å². The summed E-state index contributed by atoms with van der Waals surface area (Å²) in [6.45, 7) is 2.07. The van der Waals surface area contributed by atoms with Crippen molar-refractivity contribution in [3.63, 3.8) is 0 Å². The highest BCUT2D eigenvalue weighted by atomic mass is 32.2. The molecule has 0 radical (unpaired) electrons. The van der Waals surface area contributed by atoms with E-state index in [9.17, 15) is 8.42 Å². The highest BCUT2D eigenvalue weighted by Crippen LogP contribution is 2.13. The molecule has 2 rings (SSSR count). The van der Waals surface area contributed by atoms with E-state index < -0.39 is 10.2 Å². The molecule has 0 spiro atoms. The first kappa shape index (κ1) is 15.0. The van der Waals surface area contributed by atoms with Gasteiger partial charge in [-0.3, -0.25) is 0 Å². The Balaban J connectivity index is 1.75. The van der Waals surface area contributed by atoms with Gasteiger partial charge in [0, 0.05) is 31.4 Å². The van der Waals surface area contributed by atoms with Crippen molar-refractivity contribution in [3.05, 3.63) is 24.3 Å². The van der Waals surface area contributed by atoms with Crippen LogP contribution in [-0.2, 0) is 14.9 Å². The molecule has 1 fully saturated rings. The molecular weight excluding hydrogens is 282 g/mol. The first-order chi connectivity index (χ1) is 9.58. The molecule has 1 aromatic rings. The highest BCUT2D eigenvalue weighted by molar-refractivity contribution is 7.87. The topological polar surface area (TPSA) is 93.9 Å².